The van der Waals surface area contributed by atoms with Crippen LogP contribution in [0.15, 0.2) is 24.3 Å². The lowest BCUT2D eigenvalue weighted by Crippen LogP contribution is -2.62. The molecule has 1 aromatic carbocycles. The molecular formula is C19H25N3O2. The maximum atomic E-state index is 13.2. The smallest absolute Gasteiger partial charge is 0.250 e. The molecule has 0 radical (unpaired) electrons. The number of para-hydroxylation sites is 2. The van der Waals surface area contributed by atoms with E-state index in [1.807, 2.05) is 29.2 Å². The first kappa shape index (κ1) is 15.6. The molecule has 1 N–H and O–H groups in total. The van der Waals surface area contributed by atoms with Crippen LogP contribution in [0.1, 0.15) is 44.9 Å². The maximum absolute atomic E-state index is 13.2. The lowest BCUT2D eigenvalue weighted by Gasteiger charge is -2.45. The topological polar surface area (TPSA) is 52.7 Å². The van der Waals surface area contributed by atoms with Crippen LogP contribution in [-0.2, 0) is 9.59 Å². The Hall–Kier alpha value is -1.88. The molecule has 0 unspecified atom stereocenters. The molecule has 0 atom stereocenters. The van der Waals surface area contributed by atoms with E-state index in [4.69, 9.17) is 0 Å². The number of piperidine rings is 1. The second kappa shape index (κ2) is 6.20. The molecule has 2 fully saturated rings. The highest BCUT2D eigenvalue weighted by Crippen LogP contribution is 2.45. The van der Waals surface area contributed by atoms with E-state index in [1.54, 1.807) is 0 Å². The summed E-state index contributed by atoms with van der Waals surface area (Å²) in [5.74, 6) is 0.0618. The summed E-state index contributed by atoms with van der Waals surface area (Å²) in [4.78, 5) is 30.2. The van der Waals surface area contributed by atoms with Crippen LogP contribution in [0, 0.1) is 0 Å². The van der Waals surface area contributed by atoms with Crippen LogP contribution in [0.25, 0.3) is 0 Å². The Labute approximate surface area is 143 Å². The van der Waals surface area contributed by atoms with Gasteiger partial charge in [-0.2, -0.15) is 0 Å². The van der Waals surface area contributed by atoms with E-state index in [0.717, 1.165) is 63.0 Å². The van der Waals surface area contributed by atoms with E-state index in [0.29, 0.717) is 6.54 Å². The maximum Gasteiger partial charge on any atom is 0.250 e. The summed E-state index contributed by atoms with van der Waals surface area (Å²) in [6, 6.07) is 7.69. The predicted molar refractivity (Wildman–Crippen MR) is 94.0 cm³/mol. The zero-order chi connectivity index (χ0) is 16.6. The zero-order valence-corrected chi connectivity index (χ0v) is 14.1. The minimum absolute atomic E-state index is 0.00862. The van der Waals surface area contributed by atoms with Gasteiger partial charge >= 0.3 is 0 Å². The second-order valence-corrected chi connectivity index (χ2v) is 7.28. The molecule has 2 aliphatic heterocycles. The standard InChI is InChI=1S/C19H25N3O2/c23-17(14-21-12-6-1-7-13-21)22-16-9-3-2-8-15(16)20-18(24)19(22)10-4-5-11-19/h2-3,8-9H,1,4-7,10-14H2,(H,20,24). The first-order valence-corrected chi connectivity index (χ1v) is 9.17. The molecule has 1 saturated heterocycles. The molecule has 1 aromatic rings. The molecule has 24 heavy (non-hydrogen) atoms. The summed E-state index contributed by atoms with van der Waals surface area (Å²) in [6.07, 6.45) is 7.11. The van der Waals surface area contributed by atoms with Crippen molar-refractivity contribution in [2.45, 2.75) is 50.5 Å². The quantitative estimate of drug-likeness (QED) is 0.909. The molecule has 128 valence electrons. The lowest BCUT2D eigenvalue weighted by molar-refractivity contribution is -0.128. The fourth-order valence-electron chi connectivity index (χ4n) is 4.51. The highest BCUT2D eigenvalue weighted by atomic mass is 16.2. The van der Waals surface area contributed by atoms with Gasteiger partial charge in [0, 0.05) is 0 Å². The van der Waals surface area contributed by atoms with Crippen molar-refractivity contribution in [3.8, 4) is 0 Å². The number of amides is 2. The summed E-state index contributed by atoms with van der Waals surface area (Å²) in [5.41, 5.74) is 0.939. The molecule has 3 aliphatic rings. The number of benzene rings is 1. The van der Waals surface area contributed by atoms with Gasteiger partial charge in [0.25, 0.3) is 5.91 Å². The number of fused-ring (bicyclic) bond motifs is 1. The van der Waals surface area contributed by atoms with Crippen molar-refractivity contribution in [1.29, 1.82) is 0 Å². The predicted octanol–water partition coefficient (Wildman–Crippen LogP) is 2.77. The first-order valence-electron chi connectivity index (χ1n) is 9.17. The molecule has 5 nitrogen and oxygen atoms in total. The molecule has 0 bridgehead atoms. The Kier molecular flexibility index (Phi) is 4.04. The number of nitrogens with one attached hydrogen (secondary N) is 1. The van der Waals surface area contributed by atoms with Gasteiger partial charge in [-0.25, -0.2) is 0 Å². The van der Waals surface area contributed by atoms with Crippen LogP contribution < -0.4 is 10.2 Å². The Bertz CT molecular complexity index is 646. The number of likely N-dealkylation sites (tertiary alicyclic amines) is 1. The monoisotopic (exact) mass is 327 g/mol. The summed E-state index contributed by atoms with van der Waals surface area (Å²) in [5, 5.41) is 3.03. The lowest BCUT2D eigenvalue weighted by atomic mass is 9.89. The van der Waals surface area contributed by atoms with E-state index < -0.39 is 5.54 Å². The van der Waals surface area contributed by atoms with Gasteiger partial charge in [0.2, 0.25) is 5.91 Å². The van der Waals surface area contributed by atoms with Crippen LogP contribution in [0.2, 0.25) is 0 Å². The average molecular weight is 327 g/mol. The van der Waals surface area contributed by atoms with Crippen molar-refractivity contribution in [2.75, 3.05) is 29.9 Å². The third kappa shape index (κ3) is 2.51. The Morgan fingerprint density at radius 2 is 1.75 bits per heavy atom. The highest BCUT2D eigenvalue weighted by Gasteiger charge is 2.52. The largest absolute Gasteiger partial charge is 0.322 e. The fraction of sp³-hybridized carbons (Fsp3) is 0.579. The van der Waals surface area contributed by atoms with E-state index in [-0.39, 0.29) is 11.8 Å². The first-order chi connectivity index (χ1) is 11.7. The van der Waals surface area contributed by atoms with Gasteiger partial charge in [-0.3, -0.25) is 19.4 Å². The van der Waals surface area contributed by atoms with Crippen LogP contribution in [0.4, 0.5) is 11.4 Å². The van der Waals surface area contributed by atoms with E-state index in [1.165, 1.54) is 6.42 Å². The molecular weight excluding hydrogens is 302 g/mol. The van der Waals surface area contributed by atoms with Gasteiger partial charge in [0.15, 0.2) is 0 Å². The molecule has 1 spiro atoms. The number of anilines is 2. The van der Waals surface area contributed by atoms with E-state index in [9.17, 15) is 9.59 Å². The third-order valence-electron chi connectivity index (χ3n) is 5.73. The Morgan fingerprint density at radius 1 is 1.04 bits per heavy atom. The summed E-state index contributed by atoms with van der Waals surface area (Å²) < 4.78 is 0. The van der Waals surface area contributed by atoms with Crippen LogP contribution in [0.5, 0.6) is 0 Å². The van der Waals surface area contributed by atoms with E-state index in [2.05, 4.69) is 10.2 Å². The number of hydrogen-bond donors (Lipinski definition) is 1. The minimum atomic E-state index is -0.679. The van der Waals surface area contributed by atoms with Crippen molar-refractivity contribution in [2.24, 2.45) is 0 Å². The molecule has 2 heterocycles. The average Bonchev–Trinajstić information content (AvgIpc) is 3.07. The number of nitrogens with zero attached hydrogens (tertiary/aromatic N) is 2. The van der Waals surface area contributed by atoms with Crippen molar-refractivity contribution in [3.05, 3.63) is 24.3 Å². The second-order valence-electron chi connectivity index (χ2n) is 7.28. The van der Waals surface area contributed by atoms with Crippen LogP contribution >= 0.6 is 0 Å². The number of rotatable bonds is 2. The Balaban J connectivity index is 1.68. The van der Waals surface area contributed by atoms with Gasteiger partial charge in [-0.15, -0.1) is 0 Å². The highest BCUT2D eigenvalue weighted by molar-refractivity contribution is 6.15. The number of hydrogen-bond acceptors (Lipinski definition) is 3. The minimum Gasteiger partial charge on any atom is -0.322 e. The molecule has 4 rings (SSSR count). The Morgan fingerprint density at radius 3 is 2.50 bits per heavy atom. The van der Waals surface area contributed by atoms with E-state index >= 15 is 0 Å². The molecule has 2 amide bonds. The normalized spacial score (nSPS) is 23.2. The molecule has 1 aliphatic carbocycles. The summed E-state index contributed by atoms with van der Waals surface area (Å²) >= 11 is 0. The number of carbonyl (C=O) groups is 2. The van der Waals surface area contributed by atoms with Gasteiger partial charge in [0.05, 0.1) is 17.9 Å². The van der Waals surface area contributed by atoms with Crippen LogP contribution in [0.3, 0.4) is 0 Å². The number of carbonyl (C=O) groups excluding carboxylic acids is 2. The fourth-order valence-corrected chi connectivity index (χ4v) is 4.51. The molecule has 0 aromatic heterocycles. The SMILES string of the molecule is O=C(CN1CCCCC1)N1c2ccccc2NC(=O)C12CCCC2. The zero-order valence-electron chi connectivity index (χ0n) is 14.1. The van der Waals surface area contributed by atoms with Gasteiger partial charge in [-0.1, -0.05) is 31.4 Å². The summed E-state index contributed by atoms with van der Waals surface area (Å²) in [7, 11) is 0. The molecule has 5 heteroatoms. The van der Waals surface area contributed by atoms with Gasteiger partial charge in [0.1, 0.15) is 5.54 Å². The summed E-state index contributed by atoms with van der Waals surface area (Å²) in [6.45, 7) is 2.39. The van der Waals surface area contributed by atoms with Gasteiger partial charge in [-0.05, 0) is 50.9 Å². The van der Waals surface area contributed by atoms with Crippen molar-refractivity contribution < 1.29 is 9.59 Å². The van der Waals surface area contributed by atoms with Crippen LogP contribution in [-0.4, -0.2) is 41.9 Å². The molecule has 1 saturated carbocycles. The van der Waals surface area contributed by atoms with Crippen molar-refractivity contribution in [3.63, 3.8) is 0 Å². The van der Waals surface area contributed by atoms with Crippen molar-refractivity contribution in [1.82, 2.24) is 4.90 Å². The third-order valence-corrected chi connectivity index (χ3v) is 5.73. The van der Waals surface area contributed by atoms with Gasteiger partial charge < -0.3 is 5.32 Å². The van der Waals surface area contributed by atoms with Crippen molar-refractivity contribution >= 4 is 23.2 Å².